The Kier molecular flexibility index (Phi) is 5.59. The minimum absolute atomic E-state index is 0.170. The van der Waals surface area contributed by atoms with Crippen molar-refractivity contribution >= 4 is 17.6 Å². The van der Waals surface area contributed by atoms with Gasteiger partial charge in [-0.15, -0.1) is 10.2 Å². The molecule has 0 bridgehead atoms. The van der Waals surface area contributed by atoms with Crippen molar-refractivity contribution in [3.8, 4) is 11.4 Å². The molecule has 0 atom stereocenters. The number of carboxylic acid groups (broad SMARTS) is 1. The predicted molar refractivity (Wildman–Crippen MR) is 102 cm³/mol. The lowest BCUT2D eigenvalue weighted by molar-refractivity contribution is -0.138. The first-order valence-electron chi connectivity index (χ1n) is 9.39. The number of tetrazole rings is 1. The number of carboxylic acids is 1. The van der Waals surface area contributed by atoms with Crippen LogP contribution in [0, 0.1) is 5.82 Å². The first-order chi connectivity index (χ1) is 15.2. The Hall–Kier alpha value is -3.84. The summed E-state index contributed by atoms with van der Waals surface area (Å²) in [6, 6.07) is 2.50. The first-order valence-corrected chi connectivity index (χ1v) is 9.39. The third-order valence-corrected chi connectivity index (χ3v) is 4.76. The van der Waals surface area contributed by atoms with E-state index in [-0.39, 0.29) is 11.5 Å². The highest BCUT2D eigenvalue weighted by molar-refractivity contribution is 5.66. The van der Waals surface area contributed by atoms with Gasteiger partial charge in [0.15, 0.2) is 6.54 Å². The van der Waals surface area contributed by atoms with Gasteiger partial charge in [-0.05, 0) is 23.4 Å². The quantitative estimate of drug-likeness (QED) is 0.578. The maximum atomic E-state index is 13.7. The summed E-state index contributed by atoms with van der Waals surface area (Å²) >= 11 is 0. The molecule has 10 nitrogen and oxygen atoms in total. The molecule has 0 saturated carbocycles. The Bertz CT molecular complexity index is 1110. The SMILES string of the molecule is O=C(O)Cn1nnc(-c2cnc(N3CCN(c4cc(F)cc(C(F)(F)F)c4)CC3)nc2)n1. The lowest BCUT2D eigenvalue weighted by Gasteiger charge is -2.36. The van der Waals surface area contributed by atoms with Gasteiger partial charge in [-0.2, -0.15) is 18.0 Å². The molecule has 168 valence electrons. The molecule has 1 aliphatic rings. The van der Waals surface area contributed by atoms with E-state index < -0.39 is 30.1 Å². The maximum Gasteiger partial charge on any atom is 0.416 e. The summed E-state index contributed by atoms with van der Waals surface area (Å²) in [5.41, 5.74) is -0.407. The van der Waals surface area contributed by atoms with Crippen molar-refractivity contribution in [1.29, 1.82) is 0 Å². The largest absolute Gasteiger partial charge is 0.480 e. The molecule has 0 amide bonds. The van der Waals surface area contributed by atoms with Crippen molar-refractivity contribution in [2.24, 2.45) is 0 Å². The second kappa shape index (κ2) is 8.36. The predicted octanol–water partition coefficient (Wildman–Crippen LogP) is 1.70. The fourth-order valence-electron chi connectivity index (χ4n) is 3.23. The number of benzene rings is 1. The molecule has 0 radical (unpaired) electrons. The van der Waals surface area contributed by atoms with Crippen molar-refractivity contribution in [3.63, 3.8) is 0 Å². The minimum atomic E-state index is -4.62. The number of aliphatic carboxylic acids is 1. The molecular weight excluding hydrogens is 436 g/mol. The highest BCUT2D eigenvalue weighted by Crippen LogP contribution is 2.33. The molecule has 2 aromatic heterocycles. The van der Waals surface area contributed by atoms with E-state index in [1.165, 1.54) is 12.4 Å². The van der Waals surface area contributed by atoms with Gasteiger partial charge in [-0.1, -0.05) is 0 Å². The van der Waals surface area contributed by atoms with Gasteiger partial charge in [0, 0.05) is 44.3 Å². The number of anilines is 2. The summed E-state index contributed by atoms with van der Waals surface area (Å²) in [7, 11) is 0. The van der Waals surface area contributed by atoms with Gasteiger partial charge in [0.25, 0.3) is 0 Å². The summed E-state index contributed by atoms with van der Waals surface area (Å²) in [4.78, 5) is 23.7. The van der Waals surface area contributed by atoms with Crippen molar-refractivity contribution in [2.45, 2.75) is 12.7 Å². The Morgan fingerprint density at radius 3 is 2.31 bits per heavy atom. The van der Waals surface area contributed by atoms with E-state index in [0.29, 0.717) is 43.8 Å². The van der Waals surface area contributed by atoms with Crippen LogP contribution in [0.1, 0.15) is 5.56 Å². The van der Waals surface area contributed by atoms with Gasteiger partial charge >= 0.3 is 12.1 Å². The van der Waals surface area contributed by atoms with E-state index in [9.17, 15) is 22.4 Å². The fraction of sp³-hybridized carbons (Fsp3) is 0.333. The van der Waals surface area contributed by atoms with Crippen LogP contribution in [0.2, 0.25) is 0 Å². The Morgan fingerprint density at radius 2 is 1.69 bits per heavy atom. The molecule has 4 rings (SSSR count). The molecule has 1 N–H and O–H groups in total. The number of halogens is 4. The molecule has 0 unspecified atom stereocenters. The molecule has 3 aromatic rings. The average molecular weight is 452 g/mol. The first kappa shape index (κ1) is 21.4. The minimum Gasteiger partial charge on any atom is -0.480 e. The van der Waals surface area contributed by atoms with E-state index in [1.54, 1.807) is 4.90 Å². The second-order valence-corrected chi connectivity index (χ2v) is 6.98. The van der Waals surface area contributed by atoms with Crippen molar-refractivity contribution in [1.82, 2.24) is 30.2 Å². The Labute approximate surface area is 178 Å². The van der Waals surface area contributed by atoms with E-state index in [4.69, 9.17) is 5.11 Å². The Balaban J connectivity index is 1.41. The van der Waals surface area contributed by atoms with Crippen LogP contribution in [0.25, 0.3) is 11.4 Å². The van der Waals surface area contributed by atoms with Gasteiger partial charge in [0.1, 0.15) is 5.82 Å². The number of rotatable bonds is 5. The zero-order valence-corrected chi connectivity index (χ0v) is 16.4. The number of nitrogens with zero attached hydrogens (tertiary/aromatic N) is 8. The van der Waals surface area contributed by atoms with Gasteiger partial charge in [0.05, 0.1) is 11.1 Å². The smallest absolute Gasteiger partial charge is 0.416 e. The van der Waals surface area contributed by atoms with Crippen molar-refractivity contribution in [2.75, 3.05) is 36.0 Å². The normalized spacial score (nSPS) is 14.6. The van der Waals surface area contributed by atoms with Gasteiger partial charge < -0.3 is 14.9 Å². The van der Waals surface area contributed by atoms with E-state index in [1.807, 2.05) is 4.90 Å². The number of carbonyl (C=O) groups is 1. The molecule has 14 heteroatoms. The monoisotopic (exact) mass is 452 g/mol. The zero-order chi connectivity index (χ0) is 22.9. The van der Waals surface area contributed by atoms with Gasteiger partial charge in [0.2, 0.25) is 11.8 Å². The van der Waals surface area contributed by atoms with Crippen LogP contribution in [0.4, 0.5) is 29.2 Å². The number of piperazine rings is 1. The van der Waals surface area contributed by atoms with Crippen molar-refractivity contribution < 1.29 is 27.5 Å². The molecule has 3 heterocycles. The summed E-state index contributed by atoms with van der Waals surface area (Å²) in [6.45, 7) is 1.13. The third-order valence-electron chi connectivity index (χ3n) is 4.76. The number of aromatic nitrogens is 6. The van der Waals surface area contributed by atoms with Crippen LogP contribution < -0.4 is 9.80 Å². The molecule has 32 heavy (non-hydrogen) atoms. The molecule has 1 aliphatic heterocycles. The maximum absolute atomic E-state index is 13.7. The van der Waals surface area contributed by atoms with Crippen LogP contribution in [0.5, 0.6) is 0 Å². The standard InChI is InChI=1S/C18H16F4N8O2/c19-13-5-12(18(20,21)22)6-14(7-13)28-1-3-29(4-2-28)17-23-8-11(9-24-17)16-25-27-30(26-16)10-15(31)32/h5-9H,1-4,10H2,(H,31,32). The Morgan fingerprint density at radius 1 is 1.03 bits per heavy atom. The molecule has 1 saturated heterocycles. The van der Waals surface area contributed by atoms with E-state index in [2.05, 4.69) is 25.4 Å². The summed E-state index contributed by atoms with van der Waals surface area (Å²) in [6.07, 6.45) is -1.68. The second-order valence-electron chi connectivity index (χ2n) is 6.98. The number of alkyl halides is 3. The topological polar surface area (TPSA) is 113 Å². The summed E-state index contributed by atoms with van der Waals surface area (Å²) < 4.78 is 52.6. The lowest BCUT2D eigenvalue weighted by Crippen LogP contribution is -2.47. The van der Waals surface area contributed by atoms with E-state index >= 15 is 0 Å². The number of hydrogen-bond acceptors (Lipinski definition) is 8. The van der Waals surface area contributed by atoms with Gasteiger partial charge in [-0.3, -0.25) is 4.79 Å². The third kappa shape index (κ3) is 4.73. The van der Waals surface area contributed by atoms with Crippen LogP contribution >= 0.6 is 0 Å². The summed E-state index contributed by atoms with van der Waals surface area (Å²) in [5, 5.41) is 20.1. The highest BCUT2D eigenvalue weighted by atomic mass is 19.4. The highest BCUT2D eigenvalue weighted by Gasteiger charge is 2.32. The van der Waals surface area contributed by atoms with Crippen LogP contribution in [-0.4, -0.2) is 67.4 Å². The lowest BCUT2D eigenvalue weighted by atomic mass is 10.1. The van der Waals surface area contributed by atoms with E-state index in [0.717, 1.165) is 16.9 Å². The van der Waals surface area contributed by atoms with Crippen LogP contribution in [-0.2, 0) is 17.5 Å². The molecule has 1 aromatic carbocycles. The van der Waals surface area contributed by atoms with Crippen molar-refractivity contribution in [3.05, 3.63) is 42.0 Å². The zero-order valence-electron chi connectivity index (χ0n) is 16.4. The summed E-state index contributed by atoms with van der Waals surface area (Å²) in [5.74, 6) is -1.46. The van der Waals surface area contributed by atoms with Crippen LogP contribution in [0.3, 0.4) is 0 Å². The molecule has 1 fully saturated rings. The molecule has 0 aliphatic carbocycles. The average Bonchev–Trinajstić information content (AvgIpc) is 3.21. The molecular formula is C18H16F4N8O2. The van der Waals surface area contributed by atoms with Crippen LogP contribution in [0.15, 0.2) is 30.6 Å². The molecule has 0 spiro atoms. The van der Waals surface area contributed by atoms with Gasteiger partial charge in [-0.25, -0.2) is 14.4 Å². The fourth-order valence-corrected chi connectivity index (χ4v) is 3.23. The number of hydrogen-bond donors (Lipinski definition) is 1.